The van der Waals surface area contributed by atoms with E-state index in [1.807, 2.05) is 13.8 Å². The molecule has 0 aliphatic rings. The van der Waals surface area contributed by atoms with Gasteiger partial charge in [-0.25, -0.2) is 9.36 Å². The highest BCUT2D eigenvalue weighted by atomic mass is 35.5. The molecule has 3 rings (SSSR count). The van der Waals surface area contributed by atoms with Crippen LogP contribution in [-0.4, -0.2) is 21.6 Å². The highest BCUT2D eigenvalue weighted by molar-refractivity contribution is 6.30. The van der Waals surface area contributed by atoms with Gasteiger partial charge in [0.15, 0.2) is 0 Å². The Kier molecular flexibility index (Phi) is 5.70. The number of benzene rings is 2. The third-order valence-corrected chi connectivity index (χ3v) is 4.75. The van der Waals surface area contributed by atoms with Crippen LogP contribution in [0.5, 0.6) is 0 Å². The second-order valence-electron chi connectivity index (χ2n) is 7.11. The molecule has 0 radical (unpaired) electrons. The number of para-hydroxylation sites is 1. The molecule has 0 fully saturated rings. The zero-order valence-corrected chi connectivity index (χ0v) is 16.7. The van der Waals surface area contributed by atoms with Gasteiger partial charge in [0.1, 0.15) is 6.04 Å². The summed E-state index contributed by atoms with van der Waals surface area (Å²) in [6.07, 6.45) is 0. The average Bonchev–Trinajstić information content (AvgIpc) is 2.66. The molecule has 0 unspecified atom stereocenters. The lowest BCUT2D eigenvalue weighted by Gasteiger charge is -2.20. The predicted octanol–water partition coefficient (Wildman–Crippen LogP) is 3.14. The van der Waals surface area contributed by atoms with Crippen molar-refractivity contribution in [1.29, 1.82) is 0 Å². The van der Waals surface area contributed by atoms with Gasteiger partial charge in [0.2, 0.25) is 5.91 Å². The second-order valence-corrected chi connectivity index (χ2v) is 7.54. The first-order chi connectivity index (χ1) is 13.3. The van der Waals surface area contributed by atoms with Crippen molar-refractivity contribution in [1.82, 2.24) is 14.5 Å². The van der Waals surface area contributed by atoms with E-state index in [4.69, 9.17) is 11.6 Å². The summed E-state index contributed by atoms with van der Waals surface area (Å²) < 4.78 is 2.41. The Hall–Kier alpha value is -2.86. The van der Waals surface area contributed by atoms with E-state index in [-0.39, 0.29) is 11.8 Å². The van der Waals surface area contributed by atoms with E-state index in [2.05, 4.69) is 5.32 Å². The van der Waals surface area contributed by atoms with Gasteiger partial charge in [-0.05, 0) is 43.2 Å². The van der Waals surface area contributed by atoms with E-state index in [1.165, 1.54) is 4.57 Å². The van der Waals surface area contributed by atoms with E-state index in [1.54, 1.807) is 55.5 Å². The lowest BCUT2D eigenvalue weighted by Crippen LogP contribution is -2.44. The molecular weight excluding hydrogens is 378 g/mol. The van der Waals surface area contributed by atoms with E-state index in [0.717, 1.165) is 4.57 Å². The number of carbonyl (C=O) groups is 1. The van der Waals surface area contributed by atoms with Crippen LogP contribution in [0.2, 0.25) is 5.02 Å². The van der Waals surface area contributed by atoms with Crippen molar-refractivity contribution >= 4 is 28.4 Å². The number of carbonyl (C=O) groups excluding carboxylic acids is 1. The Labute approximate surface area is 167 Å². The van der Waals surface area contributed by atoms with Gasteiger partial charge in [-0.3, -0.25) is 14.2 Å². The number of hydrogen-bond donors (Lipinski definition) is 1. The summed E-state index contributed by atoms with van der Waals surface area (Å²) in [4.78, 5) is 39.0. The van der Waals surface area contributed by atoms with Crippen molar-refractivity contribution in [3.63, 3.8) is 0 Å². The third-order valence-electron chi connectivity index (χ3n) is 4.51. The fourth-order valence-electron chi connectivity index (χ4n) is 3.07. The van der Waals surface area contributed by atoms with E-state index < -0.39 is 17.3 Å². The van der Waals surface area contributed by atoms with Gasteiger partial charge in [-0.1, -0.05) is 43.6 Å². The van der Waals surface area contributed by atoms with Crippen molar-refractivity contribution in [2.24, 2.45) is 5.92 Å². The normalized spacial score (nSPS) is 12.3. The van der Waals surface area contributed by atoms with Crippen LogP contribution in [-0.2, 0) is 4.79 Å². The quantitative estimate of drug-likeness (QED) is 0.716. The molecule has 1 N–H and O–H groups in total. The van der Waals surface area contributed by atoms with Crippen LogP contribution >= 0.6 is 11.6 Å². The van der Waals surface area contributed by atoms with Crippen molar-refractivity contribution in [3.8, 4) is 5.69 Å². The maximum atomic E-state index is 13.3. The van der Waals surface area contributed by atoms with Gasteiger partial charge >= 0.3 is 5.69 Å². The summed E-state index contributed by atoms with van der Waals surface area (Å²) in [5.41, 5.74) is -0.258. The fraction of sp³-hybridized carbons (Fsp3) is 0.286. The molecule has 0 bridgehead atoms. The molecule has 0 spiro atoms. The van der Waals surface area contributed by atoms with E-state index in [9.17, 15) is 14.4 Å². The third kappa shape index (κ3) is 3.73. The lowest BCUT2D eigenvalue weighted by atomic mass is 10.2. The maximum absolute atomic E-state index is 13.3. The van der Waals surface area contributed by atoms with Gasteiger partial charge in [0.05, 0.1) is 16.6 Å². The molecule has 6 nitrogen and oxygen atoms in total. The number of amides is 1. The monoisotopic (exact) mass is 399 g/mol. The second kappa shape index (κ2) is 8.02. The van der Waals surface area contributed by atoms with Crippen LogP contribution in [0.4, 0.5) is 0 Å². The molecule has 1 aromatic heterocycles. The molecule has 0 aliphatic carbocycles. The number of nitrogens with zero attached hydrogens (tertiary/aromatic N) is 2. The Morgan fingerprint density at radius 2 is 1.79 bits per heavy atom. The number of hydrogen-bond acceptors (Lipinski definition) is 3. The van der Waals surface area contributed by atoms with Crippen LogP contribution in [0.1, 0.15) is 26.8 Å². The van der Waals surface area contributed by atoms with Crippen LogP contribution in [0.25, 0.3) is 16.6 Å². The van der Waals surface area contributed by atoms with E-state index >= 15 is 0 Å². The molecule has 2 aromatic carbocycles. The van der Waals surface area contributed by atoms with Gasteiger partial charge in [0, 0.05) is 11.6 Å². The average molecular weight is 400 g/mol. The van der Waals surface area contributed by atoms with Crippen molar-refractivity contribution in [3.05, 3.63) is 74.4 Å². The molecule has 1 atom stereocenters. The largest absolute Gasteiger partial charge is 0.354 e. The molecule has 146 valence electrons. The van der Waals surface area contributed by atoms with Crippen LogP contribution in [0, 0.1) is 5.92 Å². The molecule has 0 saturated carbocycles. The summed E-state index contributed by atoms with van der Waals surface area (Å²) in [5, 5.41) is 3.61. The Bertz CT molecular complexity index is 1150. The molecule has 7 heteroatoms. The van der Waals surface area contributed by atoms with Crippen LogP contribution in [0.15, 0.2) is 58.1 Å². The number of aromatic nitrogens is 2. The Morgan fingerprint density at radius 1 is 1.07 bits per heavy atom. The molecule has 1 heterocycles. The molecule has 1 amide bonds. The summed E-state index contributed by atoms with van der Waals surface area (Å²) in [6, 6.07) is 12.5. The molecule has 0 aliphatic heterocycles. The topological polar surface area (TPSA) is 73.1 Å². The molecule has 0 saturated heterocycles. The summed E-state index contributed by atoms with van der Waals surface area (Å²) in [6.45, 7) is 6.14. The minimum atomic E-state index is -0.790. The Morgan fingerprint density at radius 3 is 2.46 bits per heavy atom. The molecule has 3 aromatic rings. The van der Waals surface area contributed by atoms with Crippen LogP contribution in [0.3, 0.4) is 0 Å². The summed E-state index contributed by atoms with van der Waals surface area (Å²) in [5.74, 6) is 0.00211. The maximum Gasteiger partial charge on any atom is 0.336 e. The number of fused-ring (bicyclic) bond motifs is 1. The summed E-state index contributed by atoms with van der Waals surface area (Å²) in [7, 11) is 0. The minimum Gasteiger partial charge on any atom is -0.354 e. The number of nitrogens with one attached hydrogen (secondary N) is 1. The van der Waals surface area contributed by atoms with Gasteiger partial charge in [0.25, 0.3) is 5.56 Å². The highest BCUT2D eigenvalue weighted by Gasteiger charge is 2.22. The fourth-order valence-corrected chi connectivity index (χ4v) is 3.25. The standard InChI is InChI=1S/C21H22ClN3O3/c1-13(2)12-23-19(26)14(3)24-18-10-5-4-9-17(18)20(27)25(21(24)28)16-8-6-7-15(22)11-16/h4-11,13-14H,12H2,1-3H3,(H,23,26)/t14-/m0/s1. The first-order valence-corrected chi connectivity index (χ1v) is 9.49. The van der Waals surface area contributed by atoms with Crippen LogP contribution < -0.4 is 16.6 Å². The zero-order chi connectivity index (χ0) is 20.4. The number of rotatable bonds is 5. The minimum absolute atomic E-state index is 0.280. The van der Waals surface area contributed by atoms with Gasteiger partial charge in [-0.2, -0.15) is 0 Å². The first kappa shape index (κ1) is 19.9. The van der Waals surface area contributed by atoms with Crippen molar-refractivity contribution in [2.45, 2.75) is 26.8 Å². The van der Waals surface area contributed by atoms with Gasteiger partial charge in [-0.15, -0.1) is 0 Å². The number of halogens is 1. The smallest absolute Gasteiger partial charge is 0.336 e. The van der Waals surface area contributed by atoms with Crippen molar-refractivity contribution in [2.75, 3.05) is 6.54 Å². The highest BCUT2D eigenvalue weighted by Crippen LogP contribution is 2.17. The van der Waals surface area contributed by atoms with E-state index in [0.29, 0.717) is 28.2 Å². The zero-order valence-electron chi connectivity index (χ0n) is 16.0. The molecule has 28 heavy (non-hydrogen) atoms. The first-order valence-electron chi connectivity index (χ1n) is 9.11. The van der Waals surface area contributed by atoms with Gasteiger partial charge < -0.3 is 5.32 Å². The van der Waals surface area contributed by atoms with Crippen molar-refractivity contribution < 1.29 is 4.79 Å². The molecular formula is C21H22ClN3O3. The summed E-state index contributed by atoms with van der Waals surface area (Å²) >= 11 is 6.05. The SMILES string of the molecule is CC(C)CNC(=O)[C@H](C)n1c(=O)n(-c2cccc(Cl)c2)c(=O)c2ccccc21. The predicted molar refractivity (Wildman–Crippen MR) is 111 cm³/mol. The lowest BCUT2D eigenvalue weighted by molar-refractivity contribution is -0.124. The Balaban J connectivity index is 2.26.